The molecule has 0 N–H and O–H groups in total. The van der Waals surface area contributed by atoms with E-state index in [9.17, 15) is 4.79 Å². The summed E-state index contributed by atoms with van der Waals surface area (Å²) in [6.45, 7) is 7.39. The fraction of sp³-hybridized carbons (Fsp3) is 0.167. The molecule has 0 spiro atoms. The Labute approximate surface area is 84.2 Å². The minimum absolute atomic E-state index is 0.294. The second kappa shape index (κ2) is 5.22. The van der Waals surface area contributed by atoms with Crippen LogP contribution >= 0.6 is 0 Å². The summed E-state index contributed by atoms with van der Waals surface area (Å²) in [7, 11) is 0. The van der Waals surface area contributed by atoms with Gasteiger partial charge in [0.05, 0.1) is 0 Å². The molecule has 0 aliphatic heterocycles. The molecule has 2 nitrogen and oxygen atoms in total. The number of rotatable bonds is 4. The predicted molar refractivity (Wildman–Crippen MR) is 55.5 cm³/mol. The third-order valence-corrected chi connectivity index (χ3v) is 1.86. The average molecular weight is 189 g/mol. The van der Waals surface area contributed by atoms with Gasteiger partial charge in [0.2, 0.25) is 0 Å². The highest BCUT2D eigenvalue weighted by Crippen LogP contribution is 2.06. The van der Waals surface area contributed by atoms with Gasteiger partial charge in [0, 0.05) is 6.08 Å². The van der Waals surface area contributed by atoms with Crippen LogP contribution in [-0.4, -0.2) is 5.97 Å². The first-order valence-electron chi connectivity index (χ1n) is 4.42. The van der Waals surface area contributed by atoms with Crippen LogP contribution in [0, 0.1) is 6.92 Å². The highest BCUT2D eigenvalue weighted by molar-refractivity contribution is 5.81. The Morgan fingerprint density at radius 2 is 1.86 bits per heavy atom. The molecule has 0 saturated heterocycles. The normalized spacial score (nSPS) is 9.50. The first-order valence-corrected chi connectivity index (χ1v) is 4.42. The van der Waals surface area contributed by atoms with E-state index in [1.54, 1.807) is 0 Å². The van der Waals surface area contributed by atoms with Gasteiger partial charge in [-0.05, 0) is 24.5 Å². The smallest absolute Gasteiger partial charge is 0.330 e. The van der Waals surface area contributed by atoms with Crippen molar-refractivity contribution in [3.8, 4) is 0 Å². The molecule has 14 heavy (non-hydrogen) atoms. The zero-order valence-corrected chi connectivity index (χ0v) is 8.03. The van der Waals surface area contributed by atoms with Gasteiger partial charge < -0.3 is 4.74 Å². The van der Waals surface area contributed by atoms with Crippen LogP contribution in [0.25, 0.3) is 0 Å². The van der Waals surface area contributed by atoms with Crippen LogP contribution in [0.2, 0.25) is 0 Å². The highest BCUT2D eigenvalue weighted by Gasteiger charge is 1.97. The van der Waals surface area contributed by atoms with Crippen molar-refractivity contribution in [3.63, 3.8) is 0 Å². The lowest BCUT2D eigenvalue weighted by Gasteiger charge is -2.02. The summed E-state index contributed by atoms with van der Waals surface area (Å²) in [5.74, 6) is -0.397. The maximum atomic E-state index is 10.8. The summed E-state index contributed by atoms with van der Waals surface area (Å²) >= 11 is 0. The lowest BCUT2D eigenvalue weighted by molar-refractivity contribution is -0.138. The van der Waals surface area contributed by atoms with Crippen molar-refractivity contribution >= 4 is 5.97 Å². The molecule has 0 amide bonds. The molecular weight excluding hydrogens is 176 g/mol. The largest absolute Gasteiger partial charge is 0.458 e. The van der Waals surface area contributed by atoms with Crippen LogP contribution < -0.4 is 0 Å². The van der Waals surface area contributed by atoms with Crippen LogP contribution in [-0.2, 0) is 22.6 Å². The van der Waals surface area contributed by atoms with E-state index in [2.05, 4.69) is 13.5 Å². The molecule has 0 fully saturated rings. The van der Waals surface area contributed by atoms with Crippen LogP contribution in [0.1, 0.15) is 11.1 Å². The monoisotopic (exact) mass is 189 g/mol. The molecule has 0 bridgehead atoms. The maximum absolute atomic E-state index is 10.8. The topological polar surface area (TPSA) is 26.3 Å². The lowest BCUT2D eigenvalue weighted by atomic mass is 10.1. The fourth-order valence-corrected chi connectivity index (χ4v) is 1.02. The van der Waals surface area contributed by atoms with Crippen LogP contribution in [0.4, 0.5) is 0 Å². The Morgan fingerprint density at radius 3 is 2.36 bits per heavy atom. The number of benzene rings is 1. The summed E-state index contributed by atoms with van der Waals surface area (Å²) in [5, 5.41) is 0. The molecule has 1 radical (unpaired) electrons. The quantitative estimate of drug-likeness (QED) is 0.536. The van der Waals surface area contributed by atoms with Gasteiger partial charge in [-0.2, -0.15) is 0 Å². The molecule has 73 valence electrons. The van der Waals surface area contributed by atoms with E-state index in [0.717, 1.165) is 18.1 Å². The van der Waals surface area contributed by atoms with E-state index in [4.69, 9.17) is 4.74 Å². The molecule has 0 unspecified atom stereocenters. The Bertz CT molecular complexity index is 312. The number of ether oxygens (including phenoxy) is 1. The fourth-order valence-electron chi connectivity index (χ4n) is 1.02. The molecule has 0 aromatic heterocycles. The second-order valence-corrected chi connectivity index (χ2v) is 2.88. The number of esters is 1. The van der Waals surface area contributed by atoms with Crippen LogP contribution in [0.15, 0.2) is 36.9 Å². The molecule has 1 rings (SSSR count). The van der Waals surface area contributed by atoms with Gasteiger partial charge in [-0.25, -0.2) is 4.79 Å². The maximum Gasteiger partial charge on any atom is 0.330 e. The molecule has 1 aromatic rings. The molecule has 2 heteroatoms. The third-order valence-electron chi connectivity index (χ3n) is 1.86. The highest BCUT2D eigenvalue weighted by atomic mass is 16.5. The lowest BCUT2D eigenvalue weighted by Crippen LogP contribution is -2.00. The van der Waals surface area contributed by atoms with Gasteiger partial charge in [-0.15, -0.1) is 0 Å². The Morgan fingerprint density at radius 1 is 1.29 bits per heavy atom. The molecule has 0 heterocycles. The minimum atomic E-state index is -0.397. The molecule has 0 aliphatic carbocycles. The van der Waals surface area contributed by atoms with E-state index >= 15 is 0 Å². The average Bonchev–Trinajstić information content (AvgIpc) is 2.26. The molecular formula is C12H13O2. The van der Waals surface area contributed by atoms with E-state index in [-0.39, 0.29) is 0 Å². The van der Waals surface area contributed by atoms with E-state index < -0.39 is 5.97 Å². The van der Waals surface area contributed by atoms with Crippen molar-refractivity contribution in [3.05, 3.63) is 55.0 Å². The number of hydrogen-bond donors (Lipinski definition) is 0. The van der Waals surface area contributed by atoms with Crippen molar-refractivity contribution in [1.82, 2.24) is 0 Å². The Balaban J connectivity index is 2.51. The zero-order chi connectivity index (χ0) is 10.4. The summed E-state index contributed by atoms with van der Waals surface area (Å²) in [6, 6.07) is 7.81. The van der Waals surface area contributed by atoms with E-state index in [1.807, 2.05) is 24.3 Å². The van der Waals surface area contributed by atoms with Crippen molar-refractivity contribution < 1.29 is 9.53 Å². The number of carbonyl (C=O) groups is 1. The van der Waals surface area contributed by atoms with Crippen LogP contribution in [0.5, 0.6) is 0 Å². The van der Waals surface area contributed by atoms with Crippen molar-refractivity contribution in [2.75, 3.05) is 0 Å². The second-order valence-electron chi connectivity index (χ2n) is 2.88. The van der Waals surface area contributed by atoms with Gasteiger partial charge in [0.25, 0.3) is 0 Å². The third kappa shape index (κ3) is 3.05. The number of carbonyl (C=O) groups excluding carboxylic acids is 1. The molecule has 1 aromatic carbocycles. The van der Waals surface area contributed by atoms with Gasteiger partial charge in [0.15, 0.2) is 0 Å². The summed E-state index contributed by atoms with van der Waals surface area (Å²) < 4.78 is 4.88. The SMILES string of the molecule is [CH2]Cc1ccc(COC(=O)C=C)cc1. The van der Waals surface area contributed by atoms with Crippen LogP contribution in [0.3, 0.4) is 0 Å². The number of hydrogen-bond acceptors (Lipinski definition) is 2. The van der Waals surface area contributed by atoms with Crippen molar-refractivity contribution in [1.29, 1.82) is 0 Å². The predicted octanol–water partition coefficient (Wildman–Crippen LogP) is 2.29. The Hall–Kier alpha value is -1.57. The van der Waals surface area contributed by atoms with Gasteiger partial charge in [0.1, 0.15) is 6.61 Å². The zero-order valence-electron chi connectivity index (χ0n) is 8.03. The van der Waals surface area contributed by atoms with Gasteiger partial charge in [-0.1, -0.05) is 30.8 Å². The molecule has 0 saturated carbocycles. The Kier molecular flexibility index (Phi) is 3.92. The van der Waals surface area contributed by atoms with Crippen molar-refractivity contribution in [2.45, 2.75) is 13.0 Å². The van der Waals surface area contributed by atoms with Gasteiger partial charge in [-0.3, -0.25) is 0 Å². The first kappa shape index (κ1) is 10.5. The standard InChI is InChI=1S/C12H13O2/c1-3-10-5-7-11(8-6-10)9-14-12(13)4-2/h4-8H,1-3,9H2. The molecule has 0 aliphatic rings. The minimum Gasteiger partial charge on any atom is -0.458 e. The van der Waals surface area contributed by atoms with Crippen molar-refractivity contribution in [2.24, 2.45) is 0 Å². The van der Waals surface area contributed by atoms with E-state index in [0.29, 0.717) is 6.61 Å². The van der Waals surface area contributed by atoms with Gasteiger partial charge >= 0.3 is 5.97 Å². The first-order chi connectivity index (χ1) is 6.76. The van der Waals surface area contributed by atoms with E-state index in [1.165, 1.54) is 5.56 Å². The summed E-state index contributed by atoms with van der Waals surface area (Å²) in [4.78, 5) is 10.8. The summed E-state index contributed by atoms with van der Waals surface area (Å²) in [6.07, 6.45) is 1.93. The molecule has 0 atom stereocenters. The summed E-state index contributed by atoms with van der Waals surface area (Å²) in [5.41, 5.74) is 2.14.